The van der Waals surface area contributed by atoms with E-state index in [2.05, 4.69) is 62.6 Å². The molecule has 2 aliphatic heterocycles. The summed E-state index contributed by atoms with van der Waals surface area (Å²) in [7, 11) is 3.57. The molecule has 0 spiro atoms. The van der Waals surface area contributed by atoms with Gasteiger partial charge in [-0.2, -0.15) is 0 Å². The number of aliphatic imine (C=N–C) groups is 1. The van der Waals surface area contributed by atoms with Crippen molar-refractivity contribution in [3.8, 4) is 5.75 Å². The Kier molecular flexibility index (Phi) is 9.62. The van der Waals surface area contributed by atoms with Crippen LogP contribution in [0.3, 0.4) is 0 Å². The van der Waals surface area contributed by atoms with Crippen LogP contribution in [0.15, 0.2) is 59.6 Å². The molecule has 2 aromatic rings. The number of halogens is 1. The molecule has 0 radical (unpaired) electrons. The zero-order valence-electron chi connectivity index (χ0n) is 19.1. The molecule has 1 N–H and O–H groups in total. The second kappa shape index (κ2) is 12.4. The van der Waals surface area contributed by atoms with E-state index in [1.54, 1.807) is 7.11 Å². The summed E-state index contributed by atoms with van der Waals surface area (Å²) in [6, 6.07) is 19.5. The lowest BCUT2D eigenvalue weighted by atomic mass is 10.1. The third-order valence-electron chi connectivity index (χ3n) is 6.24. The Bertz CT molecular complexity index is 847. The molecule has 2 unspecified atom stereocenters. The van der Waals surface area contributed by atoms with Crippen LogP contribution in [0, 0.1) is 0 Å². The zero-order valence-corrected chi connectivity index (χ0v) is 21.4. The first-order valence-corrected chi connectivity index (χ1v) is 11.2. The minimum atomic E-state index is 0. The maximum atomic E-state index is 6.12. The van der Waals surface area contributed by atoms with Crippen molar-refractivity contribution in [3.05, 3.63) is 65.7 Å². The average molecular weight is 550 g/mol. The summed E-state index contributed by atoms with van der Waals surface area (Å²) in [5, 5.41) is 3.56. The van der Waals surface area contributed by atoms with Crippen molar-refractivity contribution < 1.29 is 9.47 Å². The average Bonchev–Trinajstić information content (AvgIpc) is 3.25. The number of likely N-dealkylation sites (tertiary alicyclic amines) is 1. The number of hydrogen-bond donors (Lipinski definition) is 1. The van der Waals surface area contributed by atoms with Crippen molar-refractivity contribution in [3.63, 3.8) is 0 Å². The number of fused-ring (bicyclic) bond motifs is 1. The Hall–Kier alpha value is -1.84. The van der Waals surface area contributed by atoms with Gasteiger partial charge in [-0.3, -0.25) is 9.89 Å². The van der Waals surface area contributed by atoms with E-state index in [-0.39, 0.29) is 30.1 Å². The van der Waals surface area contributed by atoms with Gasteiger partial charge >= 0.3 is 0 Å². The summed E-state index contributed by atoms with van der Waals surface area (Å²) < 4.78 is 11.4. The predicted molar refractivity (Wildman–Crippen MR) is 140 cm³/mol. The number of aryl methyl sites for hydroxylation is 1. The quantitative estimate of drug-likeness (QED) is 0.248. The van der Waals surface area contributed by atoms with Crippen LogP contribution in [0.4, 0.5) is 0 Å². The molecule has 2 atom stereocenters. The standard InChI is InChI=1S/C25H34N4O2.HI/c1-26-25(27-14-6-9-20-10-12-22(30-2)13-11-20)29-18-23-24(19-29)31-16-15-28(23)17-21-7-4-3-5-8-21;/h3-5,7-8,10-13,23-24H,6,9,14-19H2,1-2H3,(H,26,27);1H. The van der Waals surface area contributed by atoms with E-state index in [1.165, 1.54) is 11.1 Å². The summed E-state index contributed by atoms with van der Waals surface area (Å²) >= 11 is 0. The van der Waals surface area contributed by atoms with Crippen molar-refractivity contribution >= 4 is 29.9 Å². The second-order valence-electron chi connectivity index (χ2n) is 8.26. The molecule has 2 aromatic carbocycles. The molecule has 2 heterocycles. The molecule has 2 saturated heterocycles. The third kappa shape index (κ3) is 6.36. The van der Waals surface area contributed by atoms with Gasteiger partial charge in [-0.15, -0.1) is 24.0 Å². The van der Waals surface area contributed by atoms with Crippen molar-refractivity contribution in [2.45, 2.75) is 31.5 Å². The smallest absolute Gasteiger partial charge is 0.193 e. The lowest BCUT2D eigenvalue weighted by molar-refractivity contribution is -0.0502. The van der Waals surface area contributed by atoms with E-state index < -0.39 is 0 Å². The number of rotatable bonds is 7. The Labute approximate surface area is 209 Å². The molecule has 2 fully saturated rings. The number of hydrogen-bond acceptors (Lipinski definition) is 4. The number of benzene rings is 2. The van der Waals surface area contributed by atoms with Crippen LogP contribution in [-0.4, -0.2) is 74.8 Å². The summed E-state index contributed by atoms with van der Waals surface area (Å²) in [5.41, 5.74) is 2.69. The first-order valence-electron chi connectivity index (χ1n) is 11.2. The minimum Gasteiger partial charge on any atom is -0.497 e. The lowest BCUT2D eigenvalue weighted by Gasteiger charge is -2.36. The van der Waals surface area contributed by atoms with E-state index in [0.717, 1.165) is 63.9 Å². The van der Waals surface area contributed by atoms with Gasteiger partial charge in [0.25, 0.3) is 0 Å². The fourth-order valence-electron chi connectivity index (χ4n) is 4.56. The Balaban J connectivity index is 0.00000289. The van der Waals surface area contributed by atoms with Gasteiger partial charge in [0.05, 0.1) is 25.9 Å². The maximum absolute atomic E-state index is 6.12. The van der Waals surface area contributed by atoms with Gasteiger partial charge in [-0.25, -0.2) is 0 Å². The molecule has 7 heteroatoms. The summed E-state index contributed by atoms with van der Waals surface area (Å²) in [6.07, 6.45) is 2.34. The number of methoxy groups -OCH3 is 1. The van der Waals surface area contributed by atoms with Crippen LogP contribution in [0.2, 0.25) is 0 Å². The summed E-state index contributed by atoms with van der Waals surface area (Å²) in [6.45, 7) is 5.52. The molecule has 32 heavy (non-hydrogen) atoms. The summed E-state index contributed by atoms with van der Waals surface area (Å²) in [4.78, 5) is 9.47. The van der Waals surface area contributed by atoms with Gasteiger partial charge in [0.2, 0.25) is 0 Å². The monoisotopic (exact) mass is 550 g/mol. The van der Waals surface area contributed by atoms with Crippen LogP contribution in [-0.2, 0) is 17.7 Å². The van der Waals surface area contributed by atoms with Crippen molar-refractivity contribution in [1.82, 2.24) is 15.1 Å². The molecule has 174 valence electrons. The number of nitrogens with zero attached hydrogens (tertiary/aromatic N) is 3. The molecule has 0 saturated carbocycles. The van der Waals surface area contributed by atoms with E-state index in [4.69, 9.17) is 9.47 Å². The Morgan fingerprint density at radius 2 is 1.88 bits per heavy atom. The van der Waals surface area contributed by atoms with E-state index in [9.17, 15) is 0 Å². The van der Waals surface area contributed by atoms with Crippen molar-refractivity contribution in [2.24, 2.45) is 4.99 Å². The van der Waals surface area contributed by atoms with E-state index in [1.807, 2.05) is 19.2 Å². The van der Waals surface area contributed by atoms with E-state index >= 15 is 0 Å². The molecular weight excluding hydrogens is 515 g/mol. The van der Waals surface area contributed by atoms with E-state index in [0.29, 0.717) is 6.04 Å². The SMILES string of the molecule is CN=C(NCCCc1ccc(OC)cc1)N1CC2OCCN(Cc3ccccc3)C2C1.I. The van der Waals surface area contributed by atoms with Crippen LogP contribution >= 0.6 is 24.0 Å². The van der Waals surface area contributed by atoms with Crippen LogP contribution < -0.4 is 10.1 Å². The predicted octanol–water partition coefficient (Wildman–Crippen LogP) is 3.41. The van der Waals surface area contributed by atoms with Gasteiger partial charge in [0.15, 0.2) is 5.96 Å². The largest absolute Gasteiger partial charge is 0.497 e. The zero-order chi connectivity index (χ0) is 21.5. The molecule has 0 bridgehead atoms. The first kappa shape index (κ1) is 24.8. The highest BCUT2D eigenvalue weighted by molar-refractivity contribution is 14.0. The highest BCUT2D eigenvalue weighted by atomic mass is 127. The van der Waals surface area contributed by atoms with Crippen molar-refractivity contribution in [1.29, 1.82) is 0 Å². The van der Waals surface area contributed by atoms with Gasteiger partial charge in [-0.05, 0) is 36.1 Å². The molecule has 0 amide bonds. The fourth-order valence-corrected chi connectivity index (χ4v) is 4.56. The van der Waals surface area contributed by atoms with Crippen LogP contribution in [0.1, 0.15) is 17.5 Å². The van der Waals surface area contributed by atoms with Gasteiger partial charge < -0.3 is 19.7 Å². The molecule has 6 nitrogen and oxygen atoms in total. The molecule has 2 aliphatic rings. The molecule has 4 rings (SSSR count). The number of guanidine groups is 1. The number of nitrogens with one attached hydrogen (secondary N) is 1. The molecule has 0 aromatic heterocycles. The Morgan fingerprint density at radius 3 is 2.59 bits per heavy atom. The number of morpholine rings is 1. The minimum absolute atomic E-state index is 0. The van der Waals surface area contributed by atoms with Gasteiger partial charge in [0, 0.05) is 39.8 Å². The second-order valence-corrected chi connectivity index (χ2v) is 8.26. The van der Waals surface area contributed by atoms with Crippen molar-refractivity contribution in [2.75, 3.05) is 46.9 Å². The Morgan fingerprint density at radius 1 is 1.09 bits per heavy atom. The first-order chi connectivity index (χ1) is 15.3. The summed E-state index contributed by atoms with van der Waals surface area (Å²) in [5.74, 6) is 1.88. The third-order valence-corrected chi connectivity index (χ3v) is 6.24. The fraction of sp³-hybridized carbons (Fsp3) is 0.480. The maximum Gasteiger partial charge on any atom is 0.193 e. The normalized spacial score (nSPS) is 21.1. The topological polar surface area (TPSA) is 49.3 Å². The van der Waals surface area contributed by atoms with Crippen LogP contribution in [0.25, 0.3) is 0 Å². The lowest BCUT2D eigenvalue weighted by Crippen LogP contribution is -2.50. The van der Waals surface area contributed by atoms with Gasteiger partial charge in [-0.1, -0.05) is 42.5 Å². The highest BCUT2D eigenvalue weighted by Crippen LogP contribution is 2.24. The number of ether oxygens (including phenoxy) is 2. The van der Waals surface area contributed by atoms with Gasteiger partial charge in [0.1, 0.15) is 5.75 Å². The van der Waals surface area contributed by atoms with Crippen LogP contribution in [0.5, 0.6) is 5.75 Å². The molecule has 0 aliphatic carbocycles. The highest BCUT2D eigenvalue weighted by Gasteiger charge is 2.41. The molecular formula is C25H35IN4O2.